The second-order valence-corrected chi connectivity index (χ2v) is 4.67. The summed E-state index contributed by atoms with van der Waals surface area (Å²) < 4.78 is 6.94. The summed E-state index contributed by atoms with van der Waals surface area (Å²) in [5.74, 6) is 0.161. The first-order valence-electron chi connectivity index (χ1n) is 6.02. The first kappa shape index (κ1) is 12.7. The van der Waals surface area contributed by atoms with E-state index in [4.69, 9.17) is 16.3 Å². The first-order chi connectivity index (χ1) is 9.70. The van der Waals surface area contributed by atoms with Crippen LogP contribution in [0.15, 0.2) is 48.7 Å². The topological polar surface area (TPSA) is 43.6 Å². The van der Waals surface area contributed by atoms with E-state index in [-0.39, 0.29) is 5.78 Å². The number of ketones is 1. The molecule has 0 bridgehead atoms. The predicted octanol–water partition coefficient (Wildman–Crippen LogP) is 3.23. The van der Waals surface area contributed by atoms with Crippen LogP contribution in [0.4, 0.5) is 0 Å². The van der Waals surface area contributed by atoms with Crippen molar-refractivity contribution in [2.75, 3.05) is 7.11 Å². The molecule has 3 aromatic rings. The van der Waals surface area contributed by atoms with E-state index in [2.05, 4.69) is 4.98 Å². The van der Waals surface area contributed by atoms with Crippen LogP contribution in [0.5, 0.6) is 5.88 Å². The number of rotatable bonds is 3. The summed E-state index contributed by atoms with van der Waals surface area (Å²) in [7, 11) is 1.50. The Balaban J connectivity index is 2.17. The second kappa shape index (κ2) is 4.98. The number of carbonyl (C=O) groups excluding carboxylic acids is 1. The SMILES string of the molecule is COc1nc2ccccn2c1C(=O)c1ccc(Cl)cc1. The lowest BCUT2D eigenvalue weighted by Gasteiger charge is -2.03. The number of ether oxygens (including phenoxy) is 1. The molecule has 3 rings (SSSR count). The van der Waals surface area contributed by atoms with Crippen LogP contribution in [0.2, 0.25) is 5.02 Å². The molecule has 5 heteroatoms. The van der Waals surface area contributed by atoms with Crippen LogP contribution in [0, 0.1) is 0 Å². The number of halogens is 1. The molecule has 0 saturated carbocycles. The maximum atomic E-state index is 12.6. The number of imidazole rings is 1. The van der Waals surface area contributed by atoms with Gasteiger partial charge >= 0.3 is 0 Å². The molecular weight excluding hydrogens is 276 g/mol. The van der Waals surface area contributed by atoms with Gasteiger partial charge in [0.2, 0.25) is 11.7 Å². The van der Waals surface area contributed by atoms with Crippen LogP contribution >= 0.6 is 11.6 Å². The van der Waals surface area contributed by atoms with Gasteiger partial charge in [-0.1, -0.05) is 17.7 Å². The summed E-state index contributed by atoms with van der Waals surface area (Å²) in [6.07, 6.45) is 1.79. The molecule has 0 aliphatic heterocycles. The largest absolute Gasteiger partial charge is 0.479 e. The average Bonchev–Trinajstić information content (AvgIpc) is 2.85. The van der Waals surface area contributed by atoms with E-state index in [1.807, 2.05) is 18.2 Å². The molecule has 0 saturated heterocycles. The number of hydrogen-bond acceptors (Lipinski definition) is 3. The van der Waals surface area contributed by atoms with Gasteiger partial charge in [-0.2, -0.15) is 4.98 Å². The van der Waals surface area contributed by atoms with Gasteiger partial charge in [0.1, 0.15) is 5.65 Å². The van der Waals surface area contributed by atoms with Crippen molar-refractivity contribution in [3.05, 3.63) is 64.9 Å². The Labute approximate surface area is 120 Å². The minimum atomic E-state index is -0.155. The number of fused-ring (bicyclic) bond motifs is 1. The van der Waals surface area contributed by atoms with E-state index in [0.29, 0.717) is 27.8 Å². The Morgan fingerprint density at radius 2 is 1.95 bits per heavy atom. The lowest BCUT2D eigenvalue weighted by atomic mass is 10.1. The number of nitrogens with zero attached hydrogens (tertiary/aromatic N) is 2. The summed E-state index contributed by atoms with van der Waals surface area (Å²) in [5, 5.41) is 0.589. The fourth-order valence-electron chi connectivity index (χ4n) is 2.06. The van der Waals surface area contributed by atoms with Gasteiger partial charge in [0.15, 0.2) is 5.69 Å². The number of aromatic nitrogens is 2. The van der Waals surface area contributed by atoms with Gasteiger partial charge in [-0.15, -0.1) is 0 Å². The molecule has 0 amide bonds. The summed E-state index contributed by atoms with van der Waals surface area (Å²) in [5.41, 5.74) is 1.62. The average molecular weight is 287 g/mol. The highest BCUT2D eigenvalue weighted by Gasteiger charge is 2.21. The van der Waals surface area contributed by atoms with E-state index >= 15 is 0 Å². The number of pyridine rings is 1. The normalized spacial score (nSPS) is 10.7. The quantitative estimate of drug-likeness (QED) is 0.694. The Morgan fingerprint density at radius 1 is 1.20 bits per heavy atom. The fraction of sp³-hybridized carbons (Fsp3) is 0.0667. The number of methoxy groups -OCH3 is 1. The van der Waals surface area contributed by atoms with E-state index in [9.17, 15) is 4.79 Å². The van der Waals surface area contributed by atoms with Crippen LogP contribution in [-0.4, -0.2) is 22.3 Å². The van der Waals surface area contributed by atoms with Crippen molar-refractivity contribution in [2.24, 2.45) is 0 Å². The smallest absolute Gasteiger partial charge is 0.244 e. The third-order valence-electron chi connectivity index (χ3n) is 3.01. The van der Waals surface area contributed by atoms with Gasteiger partial charge in [0.25, 0.3) is 0 Å². The van der Waals surface area contributed by atoms with Crippen LogP contribution < -0.4 is 4.74 Å². The lowest BCUT2D eigenvalue weighted by Crippen LogP contribution is -2.06. The van der Waals surface area contributed by atoms with E-state index < -0.39 is 0 Å². The van der Waals surface area contributed by atoms with Crippen molar-refractivity contribution in [1.29, 1.82) is 0 Å². The minimum Gasteiger partial charge on any atom is -0.479 e. The molecule has 0 fully saturated rings. The highest BCUT2D eigenvalue weighted by molar-refractivity contribution is 6.30. The van der Waals surface area contributed by atoms with Gasteiger partial charge in [0.05, 0.1) is 7.11 Å². The Hall–Kier alpha value is -2.33. The maximum Gasteiger partial charge on any atom is 0.244 e. The van der Waals surface area contributed by atoms with Gasteiger partial charge in [-0.05, 0) is 36.4 Å². The minimum absolute atomic E-state index is 0.155. The molecule has 2 heterocycles. The molecule has 0 N–H and O–H groups in total. The summed E-state index contributed by atoms with van der Waals surface area (Å²) >= 11 is 5.84. The lowest BCUT2D eigenvalue weighted by molar-refractivity contribution is 0.103. The molecule has 0 spiro atoms. The third-order valence-corrected chi connectivity index (χ3v) is 3.26. The second-order valence-electron chi connectivity index (χ2n) is 4.23. The molecule has 0 aliphatic rings. The van der Waals surface area contributed by atoms with Gasteiger partial charge < -0.3 is 4.74 Å². The Bertz CT molecular complexity index is 778. The number of carbonyl (C=O) groups is 1. The van der Waals surface area contributed by atoms with E-state index in [0.717, 1.165) is 0 Å². The van der Waals surface area contributed by atoms with Crippen molar-refractivity contribution in [3.63, 3.8) is 0 Å². The van der Waals surface area contributed by atoms with Crippen LogP contribution in [-0.2, 0) is 0 Å². The van der Waals surface area contributed by atoms with Gasteiger partial charge in [0, 0.05) is 16.8 Å². The maximum absolute atomic E-state index is 12.6. The van der Waals surface area contributed by atoms with Crippen molar-refractivity contribution in [1.82, 2.24) is 9.38 Å². The standard InChI is InChI=1S/C15H11ClN2O2/c1-20-15-13(18-9-3-2-4-12(18)17-15)14(19)10-5-7-11(16)8-6-10/h2-9H,1H3. The zero-order valence-corrected chi connectivity index (χ0v) is 11.5. The molecule has 0 radical (unpaired) electrons. The zero-order chi connectivity index (χ0) is 14.1. The van der Waals surface area contributed by atoms with Crippen LogP contribution in [0.3, 0.4) is 0 Å². The highest BCUT2D eigenvalue weighted by Crippen LogP contribution is 2.23. The molecule has 4 nitrogen and oxygen atoms in total. The van der Waals surface area contributed by atoms with Crippen molar-refractivity contribution in [2.45, 2.75) is 0 Å². The summed E-state index contributed by atoms with van der Waals surface area (Å²) in [6.45, 7) is 0. The predicted molar refractivity (Wildman–Crippen MR) is 76.6 cm³/mol. The summed E-state index contributed by atoms with van der Waals surface area (Å²) in [6, 6.07) is 12.3. The third kappa shape index (κ3) is 2.04. The van der Waals surface area contributed by atoms with Crippen LogP contribution in [0.1, 0.15) is 16.1 Å². The molecule has 2 aromatic heterocycles. The highest BCUT2D eigenvalue weighted by atomic mass is 35.5. The Morgan fingerprint density at radius 3 is 2.65 bits per heavy atom. The first-order valence-corrected chi connectivity index (χ1v) is 6.40. The molecule has 0 unspecified atom stereocenters. The molecule has 1 aromatic carbocycles. The van der Waals surface area contributed by atoms with Gasteiger partial charge in [-0.3, -0.25) is 9.20 Å². The number of benzene rings is 1. The van der Waals surface area contributed by atoms with Gasteiger partial charge in [-0.25, -0.2) is 0 Å². The van der Waals surface area contributed by atoms with E-state index in [1.165, 1.54) is 7.11 Å². The summed E-state index contributed by atoms with van der Waals surface area (Å²) in [4.78, 5) is 16.9. The zero-order valence-electron chi connectivity index (χ0n) is 10.7. The monoisotopic (exact) mass is 286 g/mol. The molecular formula is C15H11ClN2O2. The molecule has 0 aliphatic carbocycles. The number of hydrogen-bond donors (Lipinski definition) is 0. The van der Waals surface area contributed by atoms with Crippen molar-refractivity contribution < 1.29 is 9.53 Å². The molecule has 100 valence electrons. The van der Waals surface area contributed by atoms with E-state index in [1.54, 1.807) is 34.9 Å². The molecule has 0 atom stereocenters. The molecule has 20 heavy (non-hydrogen) atoms. The van der Waals surface area contributed by atoms with Crippen molar-refractivity contribution >= 4 is 23.0 Å². The Kier molecular flexibility index (Phi) is 3.16. The van der Waals surface area contributed by atoms with Crippen molar-refractivity contribution in [3.8, 4) is 5.88 Å². The van der Waals surface area contributed by atoms with Crippen LogP contribution in [0.25, 0.3) is 5.65 Å². The fourth-order valence-corrected chi connectivity index (χ4v) is 2.19.